The molecule has 1 aromatic heterocycles. The number of fused-ring (bicyclic) bond motifs is 1. The molecule has 3 aromatic rings. The van der Waals surface area contributed by atoms with E-state index in [0.717, 1.165) is 5.56 Å². The monoisotopic (exact) mass is 324 g/mol. The SMILES string of the molecule is Cc1ccc(S(=O)(=O)c2[nH]c3ccc(C#N)cc3c2C=O)cc1. The topological polar surface area (TPSA) is 90.8 Å². The molecule has 0 radical (unpaired) electrons. The molecule has 0 aliphatic carbocycles. The lowest BCUT2D eigenvalue weighted by atomic mass is 10.1. The van der Waals surface area contributed by atoms with E-state index in [-0.39, 0.29) is 15.5 Å². The van der Waals surface area contributed by atoms with Gasteiger partial charge < -0.3 is 4.98 Å². The Morgan fingerprint density at radius 2 is 1.83 bits per heavy atom. The average Bonchev–Trinajstić information content (AvgIpc) is 2.93. The van der Waals surface area contributed by atoms with Crippen LogP contribution in [0.2, 0.25) is 0 Å². The number of hydrogen-bond acceptors (Lipinski definition) is 4. The lowest BCUT2D eigenvalue weighted by Gasteiger charge is -2.03. The molecule has 1 heterocycles. The third-order valence-electron chi connectivity index (χ3n) is 3.65. The van der Waals surface area contributed by atoms with Crippen LogP contribution in [0.3, 0.4) is 0 Å². The van der Waals surface area contributed by atoms with Crippen molar-refractivity contribution >= 4 is 27.0 Å². The molecule has 0 amide bonds. The Balaban J connectivity index is 2.29. The number of nitrogens with zero attached hydrogens (tertiary/aromatic N) is 1. The number of sulfone groups is 1. The largest absolute Gasteiger partial charge is 0.345 e. The van der Waals surface area contributed by atoms with Gasteiger partial charge >= 0.3 is 0 Å². The van der Waals surface area contributed by atoms with Crippen molar-refractivity contribution in [3.8, 4) is 6.07 Å². The van der Waals surface area contributed by atoms with E-state index in [1.165, 1.54) is 18.2 Å². The summed E-state index contributed by atoms with van der Waals surface area (Å²) in [6.07, 6.45) is 0.501. The van der Waals surface area contributed by atoms with E-state index < -0.39 is 9.84 Å². The molecule has 1 N–H and O–H groups in total. The number of aromatic nitrogens is 1. The van der Waals surface area contributed by atoms with Crippen LogP contribution in [0.4, 0.5) is 0 Å². The van der Waals surface area contributed by atoms with Gasteiger partial charge in [0.1, 0.15) is 5.03 Å². The minimum atomic E-state index is -3.85. The highest BCUT2D eigenvalue weighted by Gasteiger charge is 2.25. The molecular weight excluding hydrogens is 312 g/mol. The number of benzene rings is 2. The highest BCUT2D eigenvalue weighted by atomic mass is 32.2. The Hall–Kier alpha value is -2.91. The molecule has 0 fully saturated rings. The van der Waals surface area contributed by atoms with Gasteiger partial charge in [0.25, 0.3) is 0 Å². The van der Waals surface area contributed by atoms with Gasteiger partial charge in [-0.25, -0.2) is 8.42 Å². The van der Waals surface area contributed by atoms with Crippen molar-refractivity contribution < 1.29 is 13.2 Å². The summed E-state index contributed by atoms with van der Waals surface area (Å²) in [6.45, 7) is 1.86. The first-order chi connectivity index (χ1) is 11.0. The Bertz CT molecular complexity index is 1060. The summed E-state index contributed by atoms with van der Waals surface area (Å²) in [4.78, 5) is 14.4. The van der Waals surface area contributed by atoms with Crippen molar-refractivity contribution in [1.29, 1.82) is 5.26 Å². The molecule has 0 aliphatic heterocycles. The van der Waals surface area contributed by atoms with Gasteiger partial charge in [0.05, 0.1) is 22.1 Å². The predicted molar refractivity (Wildman–Crippen MR) is 85.0 cm³/mol. The Morgan fingerprint density at radius 1 is 1.13 bits per heavy atom. The van der Waals surface area contributed by atoms with E-state index in [4.69, 9.17) is 5.26 Å². The second-order valence-electron chi connectivity index (χ2n) is 5.17. The molecule has 0 saturated carbocycles. The van der Waals surface area contributed by atoms with Gasteiger partial charge in [0, 0.05) is 10.9 Å². The minimum absolute atomic E-state index is 0.0395. The molecule has 3 rings (SSSR count). The quantitative estimate of drug-likeness (QED) is 0.750. The number of nitrogens with one attached hydrogen (secondary N) is 1. The maximum Gasteiger partial charge on any atom is 0.222 e. The molecule has 6 heteroatoms. The van der Waals surface area contributed by atoms with Gasteiger partial charge in [-0.1, -0.05) is 17.7 Å². The fraction of sp³-hybridized carbons (Fsp3) is 0.0588. The molecule has 5 nitrogen and oxygen atoms in total. The zero-order valence-electron chi connectivity index (χ0n) is 12.2. The second kappa shape index (κ2) is 5.38. The normalized spacial score (nSPS) is 11.3. The van der Waals surface area contributed by atoms with Crippen LogP contribution in [0.5, 0.6) is 0 Å². The van der Waals surface area contributed by atoms with Crippen LogP contribution in [0.25, 0.3) is 10.9 Å². The first-order valence-corrected chi connectivity index (χ1v) is 8.28. The van der Waals surface area contributed by atoms with Crippen LogP contribution < -0.4 is 0 Å². The summed E-state index contributed by atoms with van der Waals surface area (Å²) in [7, 11) is -3.85. The third-order valence-corrected chi connectivity index (χ3v) is 5.40. The minimum Gasteiger partial charge on any atom is -0.345 e. The first-order valence-electron chi connectivity index (χ1n) is 6.80. The van der Waals surface area contributed by atoms with Crippen LogP contribution in [0.15, 0.2) is 52.4 Å². The van der Waals surface area contributed by atoms with E-state index in [0.29, 0.717) is 22.8 Å². The van der Waals surface area contributed by atoms with Gasteiger partial charge in [0.15, 0.2) is 6.29 Å². The van der Waals surface area contributed by atoms with Crippen LogP contribution in [0.1, 0.15) is 21.5 Å². The molecule has 0 aliphatic rings. The number of rotatable bonds is 3. The van der Waals surface area contributed by atoms with Crippen molar-refractivity contribution in [3.05, 3.63) is 59.2 Å². The molecule has 0 bridgehead atoms. The lowest BCUT2D eigenvalue weighted by Crippen LogP contribution is -2.05. The number of carbonyl (C=O) groups excluding carboxylic acids is 1. The Kier molecular flexibility index (Phi) is 3.51. The number of nitriles is 1. The number of carbonyl (C=O) groups is 1. The van der Waals surface area contributed by atoms with Crippen molar-refractivity contribution in [3.63, 3.8) is 0 Å². The summed E-state index contributed by atoms with van der Waals surface area (Å²) in [6, 6.07) is 13.0. The zero-order valence-corrected chi connectivity index (χ0v) is 13.0. The van der Waals surface area contributed by atoms with E-state index >= 15 is 0 Å². The number of aryl methyl sites for hydroxylation is 1. The molecule has 23 heavy (non-hydrogen) atoms. The number of aromatic amines is 1. The smallest absolute Gasteiger partial charge is 0.222 e. The summed E-state index contributed by atoms with van der Waals surface area (Å²) in [5, 5.41) is 9.23. The predicted octanol–water partition coefficient (Wildman–Crippen LogP) is 2.99. The van der Waals surface area contributed by atoms with E-state index in [9.17, 15) is 13.2 Å². The van der Waals surface area contributed by atoms with E-state index in [1.54, 1.807) is 24.3 Å². The van der Waals surface area contributed by atoms with Crippen molar-refractivity contribution in [2.45, 2.75) is 16.8 Å². The summed E-state index contributed by atoms with van der Waals surface area (Å²) < 4.78 is 25.6. The molecule has 114 valence electrons. The van der Waals surface area contributed by atoms with Crippen molar-refractivity contribution in [2.24, 2.45) is 0 Å². The van der Waals surface area contributed by atoms with Gasteiger partial charge in [-0.05, 0) is 37.3 Å². The van der Waals surface area contributed by atoms with Gasteiger partial charge in [0.2, 0.25) is 9.84 Å². The molecule has 0 saturated heterocycles. The maximum atomic E-state index is 12.8. The summed E-state index contributed by atoms with van der Waals surface area (Å²) in [5.74, 6) is 0. The van der Waals surface area contributed by atoms with Crippen LogP contribution in [0, 0.1) is 18.3 Å². The Labute approximate surface area is 133 Å². The van der Waals surface area contributed by atoms with Gasteiger partial charge in [-0.15, -0.1) is 0 Å². The number of hydrogen-bond donors (Lipinski definition) is 1. The van der Waals surface area contributed by atoms with Crippen LogP contribution in [-0.4, -0.2) is 19.7 Å². The first kappa shape index (κ1) is 15.0. The van der Waals surface area contributed by atoms with E-state index in [2.05, 4.69) is 4.98 Å². The fourth-order valence-electron chi connectivity index (χ4n) is 2.42. The highest BCUT2D eigenvalue weighted by Crippen LogP contribution is 2.29. The van der Waals surface area contributed by atoms with Gasteiger partial charge in [-0.3, -0.25) is 4.79 Å². The molecule has 0 unspecified atom stereocenters. The van der Waals surface area contributed by atoms with Crippen molar-refractivity contribution in [1.82, 2.24) is 4.98 Å². The lowest BCUT2D eigenvalue weighted by molar-refractivity contribution is 0.112. The molecule has 2 aromatic carbocycles. The third kappa shape index (κ3) is 2.41. The fourth-order valence-corrected chi connectivity index (χ4v) is 3.84. The number of H-pyrrole nitrogens is 1. The van der Waals surface area contributed by atoms with Crippen LogP contribution >= 0.6 is 0 Å². The molecule has 0 atom stereocenters. The highest BCUT2D eigenvalue weighted by molar-refractivity contribution is 7.91. The molecular formula is C17H12N2O3S. The zero-order chi connectivity index (χ0) is 16.6. The van der Waals surface area contributed by atoms with Gasteiger partial charge in [-0.2, -0.15) is 5.26 Å². The maximum absolute atomic E-state index is 12.8. The molecule has 0 spiro atoms. The average molecular weight is 324 g/mol. The Morgan fingerprint density at radius 3 is 2.43 bits per heavy atom. The summed E-state index contributed by atoms with van der Waals surface area (Å²) in [5.41, 5.74) is 1.84. The standard InChI is InChI=1S/C17H12N2O3S/c1-11-2-5-13(6-3-11)23(21,22)17-15(10-20)14-8-12(9-18)4-7-16(14)19-17/h2-8,10,19H,1H3. The van der Waals surface area contributed by atoms with E-state index in [1.807, 2.05) is 13.0 Å². The summed E-state index contributed by atoms with van der Waals surface area (Å²) >= 11 is 0. The van der Waals surface area contributed by atoms with Crippen molar-refractivity contribution in [2.75, 3.05) is 0 Å². The van der Waals surface area contributed by atoms with Crippen LogP contribution in [-0.2, 0) is 9.84 Å². The second-order valence-corrected chi connectivity index (χ2v) is 7.06. The number of aldehydes is 1.